The van der Waals surface area contributed by atoms with Gasteiger partial charge in [-0.3, -0.25) is 9.79 Å². The van der Waals surface area contributed by atoms with E-state index in [4.69, 9.17) is 4.74 Å². The van der Waals surface area contributed by atoms with Crippen LogP contribution in [0.15, 0.2) is 9.98 Å². The average molecular weight is 183 g/mol. The zero-order valence-corrected chi connectivity index (χ0v) is 7.80. The van der Waals surface area contributed by atoms with Gasteiger partial charge in [-0.1, -0.05) is 0 Å². The second kappa shape index (κ2) is 4.59. The number of esters is 1. The zero-order chi connectivity index (χ0) is 9.68. The number of aliphatic imine (C=N–C) groups is 2. The lowest BCUT2D eigenvalue weighted by Crippen LogP contribution is -2.32. The molecule has 1 aliphatic rings. The van der Waals surface area contributed by atoms with Crippen LogP contribution in [0.5, 0.6) is 0 Å². The molecule has 1 heterocycles. The fraction of sp³-hybridized carbons (Fsp3) is 0.625. The minimum absolute atomic E-state index is 0.0715. The molecule has 0 aliphatic carbocycles. The first-order valence-electron chi connectivity index (χ1n) is 4.13. The fourth-order valence-corrected chi connectivity index (χ4v) is 0.906. The Morgan fingerprint density at radius 1 is 1.69 bits per heavy atom. The van der Waals surface area contributed by atoms with E-state index < -0.39 is 0 Å². The van der Waals surface area contributed by atoms with Crippen molar-refractivity contribution in [1.82, 2.24) is 4.90 Å². The van der Waals surface area contributed by atoms with Gasteiger partial charge in [0.2, 0.25) is 0 Å². The standard InChI is InChI=1S/C8H13N3O2/c1-7(2)13-8(12)3-11-5-9-4-10-6-11/h4-5,7H,3,6H2,1-2H3. The van der Waals surface area contributed by atoms with Gasteiger partial charge in [0.15, 0.2) is 0 Å². The molecule has 13 heavy (non-hydrogen) atoms. The maximum absolute atomic E-state index is 11.1. The summed E-state index contributed by atoms with van der Waals surface area (Å²) in [5.41, 5.74) is 0. The van der Waals surface area contributed by atoms with Crippen molar-refractivity contribution in [3.05, 3.63) is 0 Å². The molecule has 0 radical (unpaired) electrons. The molecule has 0 aromatic carbocycles. The number of hydrogen-bond acceptors (Lipinski definition) is 5. The summed E-state index contributed by atoms with van der Waals surface area (Å²) in [6.07, 6.45) is 2.97. The number of rotatable bonds is 3. The molecule has 0 spiro atoms. The van der Waals surface area contributed by atoms with Crippen molar-refractivity contribution in [2.45, 2.75) is 20.0 Å². The van der Waals surface area contributed by atoms with Crippen LogP contribution in [-0.2, 0) is 9.53 Å². The predicted molar refractivity (Wildman–Crippen MR) is 49.8 cm³/mol. The van der Waals surface area contributed by atoms with Crippen LogP contribution in [-0.4, -0.2) is 42.9 Å². The quantitative estimate of drug-likeness (QED) is 0.590. The van der Waals surface area contributed by atoms with Crippen LogP contribution in [0.3, 0.4) is 0 Å². The average Bonchev–Trinajstić information content (AvgIpc) is 2.04. The summed E-state index contributed by atoms with van der Waals surface area (Å²) < 4.78 is 4.96. The summed E-state index contributed by atoms with van der Waals surface area (Å²) in [5, 5.41) is 0. The number of carbonyl (C=O) groups excluding carboxylic acids is 1. The van der Waals surface area contributed by atoms with Gasteiger partial charge in [0.25, 0.3) is 0 Å². The molecule has 0 saturated carbocycles. The van der Waals surface area contributed by atoms with Gasteiger partial charge in [-0.05, 0) is 13.8 Å². The number of carbonyl (C=O) groups is 1. The van der Waals surface area contributed by atoms with E-state index in [0.717, 1.165) is 0 Å². The van der Waals surface area contributed by atoms with Crippen molar-refractivity contribution < 1.29 is 9.53 Å². The van der Waals surface area contributed by atoms with Crippen molar-refractivity contribution in [2.24, 2.45) is 9.98 Å². The lowest BCUT2D eigenvalue weighted by atomic mass is 10.5. The van der Waals surface area contributed by atoms with E-state index in [-0.39, 0.29) is 18.6 Å². The normalized spacial score (nSPS) is 15.2. The Morgan fingerprint density at radius 3 is 3.00 bits per heavy atom. The lowest BCUT2D eigenvalue weighted by molar-refractivity contribution is -0.147. The van der Waals surface area contributed by atoms with Crippen LogP contribution in [0.2, 0.25) is 0 Å². The summed E-state index contributed by atoms with van der Waals surface area (Å²) in [7, 11) is 0. The molecule has 5 heteroatoms. The molecule has 0 saturated heterocycles. The van der Waals surface area contributed by atoms with Crippen molar-refractivity contribution in [1.29, 1.82) is 0 Å². The summed E-state index contributed by atoms with van der Waals surface area (Å²) in [5.74, 6) is -0.251. The maximum atomic E-state index is 11.1. The van der Waals surface area contributed by atoms with Crippen LogP contribution in [0.25, 0.3) is 0 Å². The smallest absolute Gasteiger partial charge is 0.325 e. The number of ether oxygens (including phenoxy) is 1. The van der Waals surface area contributed by atoms with Gasteiger partial charge in [0.1, 0.15) is 19.6 Å². The highest BCUT2D eigenvalue weighted by atomic mass is 16.5. The minimum atomic E-state index is -0.251. The van der Waals surface area contributed by atoms with Gasteiger partial charge >= 0.3 is 5.97 Å². The Bertz CT molecular complexity index is 236. The Kier molecular flexibility index (Phi) is 3.42. The molecule has 0 unspecified atom stereocenters. The zero-order valence-electron chi connectivity index (χ0n) is 7.80. The Morgan fingerprint density at radius 2 is 2.46 bits per heavy atom. The molecule has 0 bridgehead atoms. The number of hydrogen-bond donors (Lipinski definition) is 0. The molecule has 0 fully saturated rings. The topological polar surface area (TPSA) is 54.3 Å². The van der Waals surface area contributed by atoms with Gasteiger partial charge < -0.3 is 9.64 Å². The molecule has 1 aliphatic heterocycles. The van der Waals surface area contributed by atoms with E-state index in [2.05, 4.69) is 9.98 Å². The van der Waals surface area contributed by atoms with Crippen LogP contribution in [0.1, 0.15) is 13.8 Å². The third-order valence-corrected chi connectivity index (χ3v) is 1.34. The van der Waals surface area contributed by atoms with Crippen molar-refractivity contribution in [2.75, 3.05) is 13.2 Å². The monoisotopic (exact) mass is 183 g/mol. The largest absolute Gasteiger partial charge is 0.462 e. The maximum Gasteiger partial charge on any atom is 0.325 e. The van der Waals surface area contributed by atoms with Gasteiger partial charge in [0.05, 0.1) is 12.4 Å². The molecule has 5 nitrogen and oxygen atoms in total. The van der Waals surface area contributed by atoms with Crippen LogP contribution in [0, 0.1) is 0 Å². The highest BCUT2D eigenvalue weighted by Crippen LogP contribution is 1.94. The first-order valence-corrected chi connectivity index (χ1v) is 4.13. The molecule has 72 valence electrons. The van der Waals surface area contributed by atoms with E-state index in [9.17, 15) is 4.79 Å². The van der Waals surface area contributed by atoms with Crippen LogP contribution < -0.4 is 0 Å². The molecule has 0 atom stereocenters. The van der Waals surface area contributed by atoms with Gasteiger partial charge in [-0.15, -0.1) is 0 Å². The first kappa shape index (κ1) is 9.70. The Labute approximate surface area is 77.1 Å². The molecular formula is C8H13N3O2. The van der Waals surface area contributed by atoms with E-state index in [1.54, 1.807) is 11.2 Å². The Hall–Kier alpha value is -1.39. The third-order valence-electron chi connectivity index (χ3n) is 1.34. The summed E-state index contributed by atoms with van der Waals surface area (Å²) in [6, 6.07) is 0. The summed E-state index contributed by atoms with van der Waals surface area (Å²) >= 11 is 0. The summed E-state index contributed by atoms with van der Waals surface area (Å²) in [4.78, 5) is 20.5. The predicted octanol–water partition coefficient (Wildman–Crippen LogP) is 0.268. The molecular weight excluding hydrogens is 170 g/mol. The molecule has 1 rings (SSSR count). The van der Waals surface area contributed by atoms with Gasteiger partial charge in [-0.2, -0.15) is 0 Å². The molecule has 0 N–H and O–H groups in total. The molecule has 0 aromatic rings. The van der Waals surface area contributed by atoms with Crippen LogP contribution in [0.4, 0.5) is 0 Å². The van der Waals surface area contributed by atoms with E-state index in [1.165, 1.54) is 6.34 Å². The number of nitrogens with zero attached hydrogens (tertiary/aromatic N) is 3. The first-order chi connectivity index (χ1) is 6.18. The van der Waals surface area contributed by atoms with Crippen molar-refractivity contribution >= 4 is 18.6 Å². The second-order valence-electron chi connectivity index (χ2n) is 2.99. The van der Waals surface area contributed by atoms with E-state index in [0.29, 0.717) is 6.67 Å². The van der Waals surface area contributed by atoms with Gasteiger partial charge in [0, 0.05) is 0 Å². The second-order valence-corrected chi connectivity index (χ2v) is 2.99. The van der Waals surface area contributed by atoms with Crippen LogP contribution >= 0.6 is 0 Å². The fourth-order valence-electron chi connectivity index (χ4n) is 0.906. The van der Waals surface area contributed by atoms with E-state index in [1.807, 2.05) is 13.8 Å². The minimum Gasteiger partial charge on any atom is -0.462 e. The third kappa shape index (κ3) is 3.68. The SMILES string of the molecule is CC(C)OC(=O)CN1C=NC=NC1. The molecule has 0 amide bonds. The van der Waals surface area contributed by atoms with Crippen molar-refractivity contribution in [3.63, 3.8) is 0 Å². The highest BCUT2D eigenvalue weighted by Gasteiger charge is 2.10. The van der Waals surface area contributed by atoms with Crippen molar-refractivity contribution in [3.8, 4) is 0 Å². The Balaban J connectivity index is 2.28. The lowest BCUT2D eigenvalue weighted by Gasteiger charge is -2.18. The molecule has 0 aromatic heterocycles. The highest BCUT2D eigenvalue weighted by molar-refractivity contribution is 5.78. The van der Waals surface area contributed by atoms with E-state index >= 15 is 0 Å². The summed E-state index contributed by atoms with van der Waals surface area (Å²) in [6.45, 7) is 4.32. The van der Waals surface area contributed by atoms with Gasteiger partial charge in [-0.25, -0.2) is 4.99 Å².